The summed E-state index contributed by atoms with van der Waals surface area (Å²) in [4.78, 5) is 12.2. The molecular formula is C17H19ClN2O2. The van der Waals surface area contributed by atoms with Crippen LogP contribution in [0.25, 0.3) is 0 Å². The predicted molar refractivity (Wildman–Crippen MR) is 90.9 cm³/mol. The summed E-state index contributed by atoms with van der Waals surface area (Å²) >= 11 is 6.07. The summed E-state index contributed by atoms with van der Waals surface area (Å²) < 4.78 is 5.10. The van der Waals surface area contributed by atoms with E-state index in [9.17, 15) is 4.79 Å². The minimum atomic E-state index is -0.398. The molecule has 0 saturated heterocycles. The summed E-state index contributed by atoms with van der Waals surface area (Å²) in [5.74, 6) is 0.488. The van der Waals surface area contributed by atoms with Gasteiger partial charge in [-0.15, -0.1) is 0 Å². The van der Waals surface area contributed by atoms with Crippen LogP contribution in [0.5, 0.6) is 5.75 Å². The first-order valence-corrected chi connectivity index (χ1v) is 7.35. The van der Waals surface area contributed by atoms with Crippen LogP contribution in [0.2, 0.25) is 5.02 Å². The van der Waals surface area contributed by atoms with Gasteiger partial charge in [0.15, 0.2) is 0 Å². The molecule has 0 heterocycles. The Morgan fingerprint density at radius 1 is 1.18 bits per heavy atom. The molecule has 0 aliphatic carbocycles. The maximum absolute atomic E-state index is 12.2. The number of aryl methyl sites for hydroxylation is 1. The zero-order valence-electron chi connectivity index (χ0n) is 12.8. The third kappa shape index (κ3) is 4.15. The third-order valence-electron chi connectivity index (χ3n) is 3.21. The van der Waals surface area contributed by atoms with E-state index in [1.807, 2.05) is 37.3 Å². The first kappa shape index (κ1) is 16.2. The van der Waals surface area contributed by atoms with E-state index in [0.29, 0.717) is 10.8 Å². The Bertz CT molecular complexity index is 673. The van der Waals surface area contributed by atoms with Gasteiger partial charge in [-0.2, -0.15) is 0 Å². The van der Waals surface area contributed by atoms with E-state index >= 15 is 0 Å². The lowest BCUT2D eigenvalue weighted by atomic mass is 10.2. The van der Waals surface area contributed by atoms with Crippen molar-refractivity contribution in [1.82, 2.24) is 0 Å². The summed E-state index contributed by atoms with van der Waals surface area (Å²) in [6.07, 6.45) is 0. The largest absolute Gasteiger partial charge is 0.495 e. The molecule has 4 nitrogen and oxygen atoms in total. The van der Waals surface area contributed by atoms with Gasteiger partial charge >= 0.3 is 0 Å². The maximum atomic E-state index is 12.2. The van der Waals surface area contributed by atoms with Gasteiger partial charge in [0.25, 0.3) is 0 Å². The number of amides is 1. The predicted octanol–water partition coefficient (Wildman–Crippen LogP) is 4.10. The van der Waals surface area contributed by atoms with Crippen LogP contribution in [0.4, 0.5) is 11.4 Å². The zero-order valence-corrected chi connectivity index (χ0v) is 13.6. The van der Waals surface area contributed by atoms with Gasteiger partial charge in [0.05, 0.1) is 12.1 Å². The Labute approximate surface area is 135 Å². The molecule has 2 aromatic rings. The monoisotopic (exact) mass is 318 g/mol. The van der Waals surface area contributed by atoms with Crippen molar-refractivity contribution in [1.29, 1.82) is 0 Å². The summed E-state index contributed by atoms with van der Waals surface area (Å²) in [5, 5.41) is 6.50. The van der Waals surface area contributed by atoms with Crippen LogP contribution in [0.3, 0.4) is 0 Å². The Hall–Kier alpha value is -2.20. The fourth-order valence-electron chi connectivity index (χ4n) is 2.05. The van der Waals surface area contributed by atoms with Gasteiger partial charge in [0.1, 0.15) is 11.8 Å². The molecule has 1 atom stereocenters. The van der Waals surface area contributed by atoms with Crippen LogP contribution in [0.1, 0.15) is 12.5 Å². The van der Waals surface area contributed by atoms with Gasteiger partial charge in [0.2, 0.25) is 5.91 Å². The Kier molecular flexibility index (Phi) is 5.28. The molecule has 0 saturated carbocycles. The fraction of sp³-hybridized carbons (Fsp3) is 0.235. The molecular weight excluding hydrogens is 300 g/mol. The summed E-state index contributed by atoms with van der Waals surface area (Å²) in [5.41, 5.74) is 2.64. The number of nitrogens with one attached hydrogen (secondary N) is 2. The van der Waals surface area contributed by atoms with Gasteiger partial charge in [-0.3, -0.25) is 4.79 Å². The molecule has 1 unspecified atom stereocenters. The van der Waals surface area contributed by atoms with Crippen LogP contribution < -0.4 is 15.4 Å². The first-order valence-electron chi connectivity index (χ1n) is 6.97. The number of anilines is 2. The molecule has 0 aromatic heterocycles. The SMILES string of the molecule is COc1ccc(NC(C)C(=O)Nc2cccc(C)c2)cc1Cl. The third-order valence-corrected chi connectivity index (χ3v) is 3.51. The Morgan fingerprint density at radius 3 is 2.59 bits per heavy atom. The van der Waals surface area contributed by atoms with Crippen molar-refractivity contribution < 1.29 is 9.53 Å². The van der Waals surface area contributed by atoms with Crippen molar-refractivity contribution in [3.05, 3.63) is 53.1 Å². The molecule has 0 radical (unpaired) electrons. The Morgan fingerprint density at radius 2 is 1.95 bits per heavy atom. The van der Waals surface area contributed by atoms with Crippen molar-refractivity contribution in [3.63, 3.8) is 0 Å². The number of carbonyl (C=O) groups excluding carboxylic acids is 1. The van der Waals surface area contributed by atoms with Crippen LogP contribution >= 0.6 is 11.6 Å². The fourth-order valence-corrected chi connectivity index (χ4v) is 2.30. The Balaban J connectivity index is 2.00. The molecule has 2 rings (SSSR count). The number of hydrogen-bond donors (Lipinski definition) is 2. The molecule has 0 bridgehead atoms. The van der Waals surface area contributed by atoms with Gasteiger partial charge in [-0.1, -0.05) is 23.7 Å². The van der Waals surface area contributed by atoms with Crippen molar-refractivity contribution in [2.24, 2.45) is 0 Å². The summed E-state index contributed by atoms with van der Waals surface area (Å²) in [6, 6.07) is 12.6. The van der Waals surface area contributed by atoms with Gasteiger partial charge in [-0.25, -0.2) is 0 Å². The molecule has 5 heteroatoms. The topological polar surface area (TPSA) is 50.4 Å². The van der Waals surface area contributed by atoms with E-state index in [0.717, 1.165) is 16.9 Å². The molecule has 2 N–H and O–H groups in total. The summed E-state index contributed by atoms with van der Waals surface area (Å²) in [6.45, 7) is 3.78. The highest BCUT2D eigenvalue weighted by molar-refractivity contribution is 6.32. The van der Waals surface area contributed by atoms with E-state index in [1.165, 1.54) is 0 Å². The van der Waals surface area contributed by atoms with Crippen LogP contribution in [0.15, 0.2) is 42.5 Å². The second-order valence-electron chi connectivity index (χ2n) is 5.07. The lowest BCUT2D eigenvalue weighted by Gasteiger charge is -2.16. The molecule has 2 aromatic carbocycles. The second-order valence-corrected chi connectivity index (χ2v) is 5.48. The maximum Gasteiger partial charge on any atom is 0.246 e. The molecule has 0 aliphatic heterocycles. The molecule has 0 spiro atoms. The van der Waals surface area contributed by atoms with Gasteiger partial charge in [-0.05, 0) is 49.7 Å². The number of carbonyl (C=O) groups is 1. The standard InChI is InChI=1S/C17H19ClN2O2/c1-11-5-4-6-13(9-11)20-17(21)12(2)19-14-7-8-16(22-3)15(18)10-14/h4-10,12,19H,1-3H3,(H,20,21). The van der Waals surface area contributed by atoms with Gasteiger partial charge in [0, 0.05) is 11.4 Å². The lowest BCUT2D eigenvalue weighted by Crippen LogP contribution is -2.31. The van der Waals surface area contributed by atoms with E-state index < -0.39 is 6.04 Å². The average molecular weight is 319 g/mol. The van der Waals surface area contributed by atoms with E-state index in [1.54, 1.807) is 26.2 Å². The highest BCUT2D eigenvalue weighted by Gasteiger charge is 2.13. The highest BCUT2D eigenvalue weighted by atomic mass is 35.5. The van der Waals surface area contributed by atoms with E-state index in [2.05, 4.69) is 10.6 Å². The molecule has 1 amide bonds. The number of hydrogen-bond acceptors (Lipinski definition) is 3. The van der Waals surface area contributed by atoms with Crippen LogP contribution in [-0.2, 0) is 4.79 Å². The van der Waals surface area contributed by atoms with Crippen LogP contribution in [-0.4, -0.2) is 19.1 Å². The molecule has 116 valence electrons. The van der Waals surface area contributed by atoms with E-state index in [4.69, 9.17) is 16.3 Å². The molecule has 22 heavy (non-hydrogen) atoms. The minimum Gasteiger partial charge on any atom is -0.495 e. The molecule has 0 aliphatic rings. The number of methoxy groups -OCH3 is 1. The summed E-state index contributed by atoms with van der Waals surface area (Å²) in [7, 11) is 1.56. The first-order chi connectivity index (χ1) is 10.5. The number of benzene rings is 2. The van der Waals surface area contributed by atoms with Crippen molar-refractivity contribution >= 4 is 28.9 Å². The zero-order chi connectivity index (χ0) is 16.1. The van der Waals surface area contributed by atoms with E-state index in [-0.39, 0.29) is 5.91 Å². The minimum absolute atomic E-state index is 0.113. The second kappa shape index (κ2) is 7.18. The average Bonchev–Trinajstić information content (AvgIpc) is 2.47. The smallest absolute Gasteiger partial charge is 0.246 e. The van der Waals surface area contributed by atoms with Crippen LogP contribution in [0, 0.1) is 6.92 Å². The van der Waals surface area contributed by atoms with Crippen molar-refractivity contribution in [2.75, 3.05) is 17.7 Å². The lowest BCUT2D eigenvalue weighted by molar-refractivity contribution is -0.116. The number of rotatable bonds is 5. The van der Waals surface area contributed by atoms with Gasteiger partial charge < -0.3 is 15.4 Å². The number of ether oxygens (including phenoxy) is 1. The normalized spacial score (nSPS) is 11.6. The highest BCUT2D eigenvalue weighted by Crippen LogP contribution is 2.27. The molecule has 0 fully saturated rings. The van der Waals surface area contributed by atoms with Crippen molar-refractivity contribution in [3.8, 4) is 5.75 Å². The van der Waals surface area contributed by atoms with Crippen molar-refractivity contribution in [2.45, 2.75) is 19.9 Å². The number of halogens is 1. The quantitative estimate of drug-likeness (QED) is 0.872.